The lowest BCUT2D eigenvalue weighted by atomic mass is 10.1. The van der Waals surface area contributed by atoms with Crippen LogP contribution in [0.5, 0.6) is 0 Å². The highest BCUT2D eigenvalue weighted by Crippen LogP contribution is 2.25. The van der Waals surface area contributed by atoms with E-state index in [-0.39, 0.29) is 29.9 Å². The van der Waals surface area contributed by atoms with E-state index in [1.807, 2.05) is 0 Å². The van der Waals surface area contributed by atoms with Gasteiger partial charge in [-0.25, -0.2) is 12.7 Å². The van der Waals surface area contributed by atoms with E-state index in [4.69, 9.17) is 4.74 Å². The number of sulfonamides is 1. The Balaban J connectivity index is 1.74. The molecule has 0 unspecified atom stereocenters. The quantitative estimate of drug-likeness (QED) is 0.871. The Morgan fingerprint density at radius 1 is 1.39 bits per heavy atom. The molecule has 7 nitrogen and oxygen atoms in total. The van der Waals surface area contributed by atoms with Crippen LogP contribution in [-0.2, 0) is 19.6 Å². The van der Waals surface area contributed by atoms with E-state index in [2.05, 4.69) is 5.32 Å². The van der Waals surface area contributed by atoms with Crippen LogP contribution in [0.4, 0.5) is 5.69 Å². The van der Waals surface area contributed by atoms with E-state index >= 15 is 0 Å². The van der Waals surface area contributed by atoms with Crippen molar-refractivity contribution in [1.29, 1.82) is 0 Å². The number of benzene rings is 1. The van der Waals surface area contributed by atoms with Crippen molar-refractivity contribution in [2.75, 3.05) is 23.2 Å². The topological polar surface area (TPSA) is 92.8 Å². The Kier molecular flexibility index (Phi) is 4.36. The monoisotopic (exact) mass is 338 g/mol. The first-order valence-electron chi connectivity index (χ1n) is 7.53. The fourth-order valence-corrected chi connectivity index (χ4v) is 4.21. The third kappa shape index (κ3) is 3.37. The summed E-state index contributed by atoms with van der Waals surface area (Å²) in [6, 6.07) is 6.09. The molecule has 0 aliphatic carbocycles. The van der Waals surface area contributed by atoms with Crippen LogP contribution in [0, 0.1) is 0 Å². The van der Waals surface area contributed by atoms with Gasteiger partial charge >= 0.3 is 0 Å². The van der Waals surface area contributed by atoms with Gasteiger partial charge in [0.25, 0.3) is 5.91 Å². The third-order valence-corrected chi connectivity index (χ3v) is 5.63. The summed E-state index contributed by atoms with van der Waals surface area (Å²) in [5.41, 5.74) is 0.521. The number of amides is 2. The number of rotatable bonds is 4. The molecule has 1 atom stereocenters. The van der Waals surface area contributed by atoms with Crippen LogP contribution >= 0.6 is 0 Å². The Bertz CT molecular complexity index is 725. The van der Waals surface area contributed by atoms with Crippen molar-refractivity contribution in [3.63, 3.8) is 0 Å². The van der Waals surface area contributed by atoms with Gasteiger partial charge in [0.15, 0.2) is 0 Å². The molecule has 0 spiro atoms. The number of anilines is 1. The molecule has 0 saturated carbocycles. The number of hydrogen-bond donors (Lipinski definition) is 1. The van der Waals surface area contributed by atoms with E-state index in [9.17, 15) is 18.0 Å². The van der Waals surface area contributed by atoms with Gasteiger partial charge in [0, 0.05) is 25.1 Å². The maximum atomic E-state index is 12.2. The van der Waals surface area contributed by atoms with Gasteiger partial charge in [0.1, 0.15) is 0 Å². The molecule has 0 aromatic heterocycles. The molecule has 124 valence electrons. The molecular formula is C15H18N2O5S. The van der Waals surface area contributed by atoms with Crippen molar-refractivity contribution in [2.24, 2.45) is 0 Å². The van der Waals surface area contributed by atoms with Crippen LogP contribution in [0.15, 0.2) is 24.3 Å². The largest absolute Gasteiger partial charge is 0.376 e. The summed E-state index contributed by atoms with van der Waals surface area (Å²) in [5.74, 6) is -0.977. The van der Waals surface area contributed by atoms with Crippen molar-refractivity contribution < 1.29 is 22.7 Å². The summed E-state index contributed by atoms with van der Waals surface area (Å²) in [5, 5.41) is 2.77. The van der Waals surface area contributed by atoms with Crippen LogP contribution in [0.2, 0.25) is 0 Å². The SMILES string of the molecule is O=C(NC[C@H]1CCCO1)c1cccc(N2C(=O)CCS2(=O)=O)c1. The lowest BCUT2D eigenvalue weighted by molar-refractivity contribution is -0.116. The second kappa shape index (κ2) is 6.29. The fraction of sp³-hybridized carbons (Fsp3) is 0.467. The van der Waals surface area contributed by atoms with Crippen molar-refractivity contribution >= 4 is 27.5 Å². The smallest absolute Gasteiger partial charge is 0.251 e. The van der Waals surface area contributed by atoms with Crippen molar-refractivity contribution in [3.05, 3.63) is 29.8 Å². The van der Waals surface area contributed by atoms with Crippen molar-refractivity contribution in [2.45, 2.75) is 25.4 Å². The fourth-order valence-electron chi connectivity index (χ4n) is 2.76. The molecule has 1 aromatic carbocycles. The lowest BCUT2D eigenvalue weighted by Crippen LogP contribution is -2.32. The Morgan fingerprint density at radius 3 is 2.87 bits per heavy atom. The average Bonchev–Trinajstić information content (AvgIpc) is 3.13. The number of hydrogen-bond acceptors (Lipinski definition) is 5. The van der Waals surface area contributed by atoms with Crippen LogP contribution in [0.25, 0.3) is 0 Å². The molecule has 2 aliphatic heterocycles. The van der Waals surface area contributed by atoms with Gasteiger partial charge < -0.3 is 10.1 Å². The molecule has 2 fully saturated rings. The molecule has 1 aromatic rings. The first-order chi connectivity index (χ1) is 11.0. The van der Waals surface area contributed by atoms with Gasteiger partial charge in [-0.2, -0.15) is 0 Å². The zero-order valence-corrected chi connectivity index (χ0v) is 13.3. The number of ether oxygens (including phenoxy) is 1. The molecule has 8 heteroatoms. The average molecular weight is 338 g/mol. The highest BCUT2D eigenvalue weighted by atomic mass is 32.2. The number of carbonyl (C=O) groups is 2. The number of nitrogens with zero attached hydrogens (tertiary/aromatic N) is 1. The van der Waals surface area contributed by atoms with Gasteiger partial charge in [0.05, 0.1) is 17.5 Å². The molecule has 2 amide bonds. The summed E-state index contributed by atoms with van der Waals surface area (Å²) in [4.78, 5) is 24.0. The molecule has 0 radical (unpaired) electrons. The molecular weight excluding hydrogens is 320 g/mol. The van der Waals surface area contributed by atoms with E-state index in [1.54, 1.807) is 12.1 Å². The van der Waals surface area contributed by atoms with E-state index < -0.39 is 15.9 Å². The van der Waals surface area contributed by atoms with Crippen LogP contribution in [-0.4, -0.2) is 45.2 Å². The second-order valence-corrected chi connectivity index (χ2v) is 7.56. The highest BCUT2D eigenvalue weighted by Gasteiger charge is 2.36. The van der Waals surface area contributed by atoms with Gasteiger partial charge in [0.2, 0.25) is 15.9 Å². The molecule has 3 rings (SSSR count). The minimum Gasteiger partial charge on any atom is -0.376 e. The third-order valence-electron chi connectivity index (χ3n) is 3.94. The maximum absolute atomic E-state index is 12.2. The Labute approximate surface area is 134 Å². The summed E-state index contributed by atoms with van der Waals surface area (Å²) in [6.07, 6.45) is 1.91. The van der Waals surface area contributed by atoms with Crippen molar-refractivity contribution in [1.82, 2.24) is 5.32 Å². The van der Waals surface area contributed by atoms with Crippen LogP contribution in [0.3, 0.4) is 0 Å². The Hall–Kier alpha value is -1.93. The van der Waals surface area contributed by atoms with Crippen LogP contribution in [0.1, 0.15) is 29.6 Å². The second-order valence-electron chi connectivity index (χ2n) is 5.62. The van der Waals surface area contributed by atoms with Gasteiger partial charge in [-0.3, -0.25) is 9.59 Å². The normalized spacial score (nSPS) is 23.2. The standard InChI is InChI=1S/C15H18N2O5S/c18-14-6-8-23(20,21)17(14)12-4-1-3-11(9-12)15(19)16-10-13-5-2-7-22-13/h1,3-4,9,13H,2,5-8,10H2,(H,16,19)/t13-/m1/s1. The molecule has 0 bridgehead atoms. The first kappa shape index (κ1) is 15.9. The molecule has 1 N–H and O–H groups in total. The predicted octanol–water partition coefficient (Wildman–Crippen LogP) is 0.662. The van der Waals surface area contributed by atoms with E-state index in [1.165, 1.54) is 12.1 Å². The highest BCUT2D eigenvalue weighted by molar-refractivity contribution is 7.94. The molecule has 2 saturated heterocycles. The van der Waals surface area contributed by atoms with Gasteiger partial charge in [-0.05, 0) is 31.0 Å². The summed E-state index contributed by atoms with van der Waals surface area (Å²) in [7, 11) is -3.63. The zero-order chi connectivity index (χ0) is 16.4. The van der Waals surface area contributed by atoms with Crippen LogP contribution < -0.4 is 9.62 Å². The van der Waals surface area contributed by atoms with E-state index in [0.717, 1.165) is 17.1 Å². The summed E-state index contributed by atoms with van der Waals surface area (Å²) < 4.78 is 30.1. The van der Waals surface area contributed by atoms with Gasteiger partial charge in [-0.15, -0.1) is 0 Å². The summed E-state index contributed by atoms with van der Waals surface area (Å²) in [6.45, 7) is 1.13. The number of nitrogens with one attached hydrogen (secondary N) is 1. The summed E-state index contributed by atoms with van der Waals surface area (Å²) >= 11 is 0. The molecule has 2 aliphatic rings. The Morgan fingerprint density at radius 2 is 2.22 bits per heavy atom. The predicted molar refractivity (Wildman–Crippen MR) is 83.6 cm³/mol. The molecule has 2 heterocycles. The minimum absolute atomic E-state index is 0.0300. The van der Waals surface area contributed by atoms with Crippen molar-refractivity contribution in [3.8, 4) is 0 Å². The molecule has 23 heavy (non-hydrogen) atoms. The lowest BCUT2D eigenvalue weighted by Gasteiger charge is -2.16. The van der Waals surface area contributed by atoms with Gasteiger partial charge in [-0.1, -0.05) is 6.07 Å². The number of carbonyl (C=O) groups excluding carboxylic acids is 2. The maximum Gasteiger partial charge on any atom is 0.251 e. The zero-order valence-electron chi connectivity index (χ0n) is 12.5. The van der Waals surface area contributed by atoms with E-state index in [0.29, 0.717) is 18.7 Å². The first-order valence-corrected chi connectivity index (χ1v) is 9.14. The minimum atomic E-state index is -3.63.